The summed E-state index contributed by atoms with van der Waals surface area (Å²) in [5.74, 6) is -0.431. The van der Waals surface area contributed by atoms with Crippen LogP contribution in [0.25, 0.3) is 0 Å². The number of amides is 2. The molecule has 5 N–H and O–H groups in total. The molecule has 0 spiro atoms. The highest BCUT2D eigenvalue weighted by Gasteiger charge is 1.96. The largest absolute Gasteiger partial charge is 0.370 e. The maximum Gasteiger partial charge on any atom is 0.217 e. The Morgan fingerprint density at radius 1 is 0.706 bits per heavy atom. The van der Waals surface area contributed by atoms with E-state index >= 15 is 0 Å². The number of primary amides is 2. The average molecular weight is 243 g/mol. The summed E-state index contributed by atoms with van der Waals surface area (Å²) in [6.45, 7) is 1.96. The van der Waals surface area contributed by atoms with E-state index in [9.17, 15) is 9.59 Å². The van der Waals surface area contributed by atoms with E-state index in [4.69, 9.17) is 11.5 Å². The Balaban J connectivity index is 2.98. The normalized spacial score (nSPS) is 10.4. The van der Waals surface area contributed by atoms with Crippen LogP contribution in [0.4, 0.5) is 0 Å². The van der Waals surface area contributed by atoms with Gasteiger partial charge >= 0.3 is 0 Å². The Morgan fingerprint density at radius 3 is 1.47 bits per heavy atom. The van der Waals surface area contributed by atoms with Gasteiger partial charge in [-0.15, -0.1) is 0 Å². The van der Waals surface area contributed by atoms with Crippen LogP contribution in [-0.2, 0) is 9.59 Å². The summed E-state index contributed by atoms with van der Waals surface area (Å²) >= 11 is 0. The number of rotatable bonds is 12. The van der Waals surface area contributed by atoms with Gasteiger partial charge in [0.1, 0.15) is 0 Å². The Bertz CT molecular complexity index is 198. The van der Waals surface area contributed by atoms with Gasteiger partial charge in [0, 0.05) is 12.8 Å². The van der Waals surface area contributed by atoms with Crippen molar-refractivity contribution in [3.63, 3.8) is 0 Å². The number of hydrogen-bond donors (Lipinski definition) is 3. The van der Waals surface area contributed by atoms with Gasteiger partial charge in [-0.05, 0) is 38.8 Å². The molecule has 0 unspecified atom stereocenters. The van der Waals surface area contributed by atoms with E-state index in [1.807, 2.05) is 0 Å². The Kier molecular flexibility index (Phi) is 10.7. The third kappa shape index (κ3) is 14.9. The van der Waals surface area contributed by atoms with E-state index in [-0.39, 0.29) is 11.8 Å². The molecule has 0 radical (unpaired) electrons. The van der Waals surface area contributed by atoms with Crippen LogP contribution in [0.1, 0.15) is 51.4 Å². The molecule has 0 aromatic heterocycles. The molecule has 0 heterocycles. The first-order valence-corrected chi connectivity index (χ1v) is 6.40. The summed E-state index contributed by atoms with van der Waals surface area (Å²) in [5, 5.41) is 3.33. The van der Waals surface area contributed by atoms with Crippen LogP contribution in [0, 0.1) is 0 Å². The summed E-state index contributed by atoms with van der Waals surface area (Å²) in [6, 6.07) is 0. The first-order chi connectivity index (χ1) is 8.13. The number of nitrogens with one attached hydrogen (secondary N) is 1. The fourth-order valence-corrected chi connectivity index (χ4v) is 1.58. The van der Waals surface area contributed by atoms with Gasteiger partial charge in [-0.25, -0.2) is 0 Å². The molecule has 0 aliphatic rings. The summed E-state index contributed by atoms with van der Waals surface area (Å²) in [7, 11) is 0. The van der Waals surface area contributed by atoms with Crippen molar-refractivity contribution in [3.8, 4) is 0 Å². The van der Waals surface area contributed by atoms with Crippen LogP contribution in [0.2, 0.25) is 0 Å². The molecule has 0 rings (SSSR count). The Labute approximate surface area is 103 Å². The zero-order chi connectivity index (χ0) is 12.9. The summed E-state index contributed by atoms with van der Waals surface area (Å²) in [4.78, 5) is 20.9. The third-order valence-electron chi connectivity index (χ3n) is 2.55. The second kappa shape index (κ2) is 11.4. The number of carbonyl (C=O) groups excluding carboxylic acids is 2. The summed E-state index contributed by atoms with van der Waals surface area (Å²) in [5.41, 5.74) is 10.1. The average Bonchev–Trinajstić information content (AvgIpc) is 2.25. The second-order valence-electron chi connectivity index (χ2n) is 4.30. The molecule has 0 saturated heterocycles. The van der Waals surface area contributed by atoms with E-state index in [0.29, 0.717) is 12.8 Å². The standard InChI is InChI=1S/C12H25N3O2/c13-11(16)7-3-1-5-9-15-10-6-2-4-8-12(14)17/h15H,1-10H2,(H2,13,16)(H2,14,17). The lowest BCUT2D eigenvalue weighted by atomic mass is 10.1. The molecular weight excluding hydrogens is 218 g/mol. The molecule has 0 aliphatic carbocycles. The van der Waals surface area contributed by atoms with E-state index in [2.05, 4.69) is 5.32 Å². The fraction of sp³-hybridized carbons (Fsp3) is 0.833. The van der Waals surface area contributed by atoms with Crippen LogP contribution in [0.15, 0.2) is 0 Å². The van der Waals surface area contributed by atoms with Crippen LogP contribution in [0.5, 0.6) is 0 Å². The van der Waals surface area contributed by atoms with Gasteiger partial charge in [0.05, 0.1) is 0 Å². The smallest absolute Gasteiger partial charge is 0.217 e. The Morgan fingerprint density at radius 2 is 1.12 bits per heavy atom. The van der Waals surface area contributed by atoms with Crippen molar-refractivity contribution >= 4 is 11.8 Å². The highest BCUT2D eigenvalue weighted by molar-refractivity contribution is 5.73. The van der Waals surface area contributed by atoms with Gasteiger partial charge < -0.3 is 16.8 Å². The Hall–Kier alpha value is -1.10. The van der Waals surface area contributed by atoms with E-state index in [0.717, 1.165) is 51.6 Å². The van der Waals surface area contributed by atoms with Crippen LogP contribution in [-0.4, -0.2) is 24.9 Å². The first-order valence-electron chi connectivity index (χ1n) is 6.40. The molecule has 0 fully saturated rings. The van der Waals surface area contributed by atoms with Gasteiger partial charge in [-0.2, -0.15) is 0 Å². The molecule has 2 amide bonds. The summed E-state index contributed by atoms with van der Waals surface area (Å²) < 4.78 is 0. The molecule has 0 aromatic rings. The third-order valence-corrected chi connectivity index (χ3v) is 2.55. The number of carbonyl (C=O) groups is 2. The predicted molar refractivity (Wildman–Crippen MR) is 68.2 cm³/mol. The zero-order valence-electron chi connectivity index (χ0n) is 10.5. The predicted octanol–water partition coefficient (Wildman–Crippen LogP) is 0.667. The molecule has 0 bridgehead atoms. The maximum atomic E-state index is 10.5. The van der Waals surface area contributed by atoms with E-state index < -0.39 is 0 Å². The highest BCUT2D eigenvalue weighted by atomic mass is 16.1. The number of unbranched alkanes of at least 4 members (excludes halogenated alkanes) is 4. The molecule has 17 heavy (non-hydrogen) atoms. The molecule has 0 aliphatic heterocycles. The minimum absolute atomic E-state index is 0.215. The molecular formula is C12H25N3O2. The van der Waals surface area contributed by atoms with Crippen molar-refractivity contribution in [1.82, 2.24) is 5.32 Å². The zero-order valence-corrected chi connectivity index (χ0v) is 10.5. The van der Waals surface area contributed by atoms with Crippen molar-refractivity contribution in [2.75, 3.05) is 13.1 Å². The van der Waals surface area contributed by atoms with Gasteiger partial charge in [-0.1, -0.05) is 12.8 Å². The van der Waals surface area contributed by atoms with E-state index in [1.54, 1.807) is 0 Å². The van der Waals surface area contributed by atoms with Crippen molar-refractivity contribution < 1.29 is 9.59 Å². The molecule has 5 heteroatoms. The van der Waals surface area contributed by atoms with Crippen LogP contribution in [0.3, 0.4) is 0 Å². The SMILES string of the molecule is NC(=O)CCCCCNCCCCCC(N)=O. The van der Waals surface area contributed by atoms with E-state index in [1.165, 1.54) is 0 Å². The number of hydrogen-bond acceptors (Lipinski definition) is 3. The quantitative estimate of drug-likeness (QED) is 0.439. The molecule has 0 atom stereocenters. The monoisotopic (exact) mass is 243 g/mol. The second-order valence-corrected chi connectivity index (χ2v) is 4.30. The number of nitrogens with two attached hydrogens (primary N) is 2. The minimum Gasteiger partial charge on any atom is -0.370 e. The van der Waals surface area contributed by atoms with Crippen molar-refractivity contribution in [2.45, 2.75) is 51.4 Å². The maximum absolute atomic E-state index is 10.5. The lowest BCUT2D eigenvalue weighted by Crippen LogP contribution is -2.17. The first kappa shape index (κ1) is 15.9. The van der Waals surface area contributed by atoms with Gasteiger partial charge in [0.15, 0.2) is 0 Å². The molecule has 100 valence electrons. The van der Waals surface area contributed by atoms with Gasteiger partial charge in [0.2, 0.25) is 11.8 Å². The van der Waals surface area contributed by atoms with Crippen LogP contribution < -0.4 is 16.8 Å². The van der Waals surface area contributed by atoms with Crippen molar-refractivity contribution in [2.24, 2.45) is 11.5 Å². The van der Waals surface area contributed by atoms with Gasteiger partial charge in [-0.3, -0.25) is 9.59 Å². The molecule has 0 aromatic carbocycles. The minimum atomic E-state index is -0.215. The lowest BCUT2D eigenvalue weighted by Gasteiger charge is -2.04. The topological polar surface area (TPSA) is 98.2 Å². The molecule has 5 nitrogen and oxygen atoms in total. The van der Waals surface area contributed by atoms with Gasteiger partial charge in [0.25, 0.3) is 0 Å². The van der Waals surface area contributed by atoms with Crippen molar-refractivity contribution in [3.05, 3.63) is 0 Å². The highest BCUT2D eigenvalue weighted by Crippen LogP contribution is 1.99. The summed E-state index contributed by atoms with van der Waals surface area (Å²) in [6.07, 6.45) is 6.99. The lowest BCUT2D eigenvalue weighted by molar-refractivity contribution is -0.119. The van der Waals surface area contributed by atoms with Crippen LogP contribution >= 0.6 is 0 Å². The molecule has 0 saturated carbocycles. The van der Waals surface area contributed by atoms with Crippen molar-refractivity contribution in [1.29, 1.82) is 0 Å². The fourth-order valence-electron chi connectivity index (χ4n) is 1.58.